The average molecular weight is 1200 g/mol. The molecule has 7 N–H and O–H groups in total. The Morgan fingerprint density at radius 3 is 1.38 bits per heavy atom. The number of hydrogen-bond acceptors (Lipinski definition) is 12. The van der Waals surface area contributed by atoms with Crippen LogP contribution in [-0.2, 0) is 48.3 Å². The molecule has 3 aromatic carbocycles. The fraction of sp³-hybridized carbons (Fsp3) is 0.489. The van der Waals surface area contributed by atoms with Gasteiger partial charge in [0.2, 0.25) is 0 Å². The van der Waals surface area contributed by atoms with E-state index in [4.69, 9.17) is 54.2 Å². The van der Waals surface area contributed by atoms with Crippen molar-refractivity contribution in [3.8, 4) is 11.1 Å². The average Bonchev–Trinajstić information content (AvgIpc) is 3.36. The van der Waals surface area contributed by atoms with Gasteiger partial charge < -0.3 is 40.9 Å². The zero-order valence-corrected chi connectivity index (χ0v) is 42.2. The molecule has 18 nitrogen and oxygen atoms in total. The standard InChI is InChI=1S/C37H49FN6O2.5C2HF3O2/c1-29-26-44(11-10-39-29)28-31-4-2-6-33(22-31)35-24-30(8-9-36(35)38)25-40-37(45)34-7-3-5-32(23-34)27-43-16-14-41(15-17-43)12-13-42-18-20-46-21-19-42;5*3-2(4,5)1(6)7/h2-9,22-24,29,39H,10-21,25-28H2,1H3,(H,40,45);5*(H,6,7)/t29-;;;;;/m0...../s1. The monoisotopic (exact) mass is 1200 g/mol. The van der Waals surface area contributed by atoms with Crippen molar-refractivity contribution >= 4 is 35.8 Å². The number of piperazine rings is 2. The molecule has 81 heavy (non-hydrogen) atoms. The minimum absolute atomic E-state index is 0.118. The highest BCUT2D eigenvalue weighted by atomic mass is 19.4. The summed E-state index contributed by atoms with van der Waals surface area (Å²) >= 11 is 0. The molecule has 3 aliphatic rings. The number of morpholine rings is 1. The number of nitrogens with zero attached hydrogens (tertiary/aromatic N) is 4. The minimum atomic E-state index is -5.08. The van der Waals surface area contributed by atoms with Crippen LogP contribution in [0.3, 0.4) is 0 Å². The van der Waals surface area contributed by atoms with Crippen LogP contribution >= 0.6 is 0 Å². The second-order valence-corrected chi connectivity index (χ2v) is 17.1. The Morgan fingerprint density at radius 2 is 0.938 bits per heavy atom. The van der Waals surface area contributed by atoms with Gasteiger partial charge in [-0.3, -0.25) is 24.4 Å². The normalized spacial score (nSPS) is 16.5. The van der Waals surface area contributed by atoms with Crippen molar-refractivity contribution in [1.82, 2.24) is 30.2 Å². The summed E-state index contributed by atoms with van der Waals surface area (Å²) in [5.41, 5.74) is 5.26. The van der Waals surface area contributed by atoms with Gasteiger partial charge in [0.25, 0.3) is 5.91 Å². The maximum absolute atomic E-state index is 15.0. The summed E-state index contributed by atoms with van der Waals surface area (Å²) in [4.78, 5) is 67.6. The van der Waals surface area contributed by atoms with Crippen LogP contribution in [0, 0.1) is 5.82 Å². The van der Waals surface area contributed by atoms with Crippen LogP contribution in [0.4, 0.5) is 70.2 Å². The minimum Gasteiger partial charge on any atom is -0.475 e. The third kappa shape index (κ3) is 30.5. The molecular formula is C47H54F16N6O12. The predicted molar refractivity (Wildman–Crippen MR) is 250 cm³/mol. The van der Waals surface area contributed by atoms with Crippen LogP contribution in [-0.4, -0.2) is 203 Å². The summed E-state index contributed by atoms with van der Waals surface area (Å²) in [6.45, 7) is 17.5. The van der Waals surface area contributed by atoms with Crippen LogP contribution < -0.4 is 10.6 Å². The number of amides is 1. The fourth-order valence-corrected chi connectivity index (χ4v) is 6.79. The molecule has 3 aromatic rings. The summed E-state index contributed by atoms with van der Waals surface area (Å²) < 4.78 is 179. The molecular weight excluding hydrogens is 1140 g/mol. The Labute approximate surface area is 449 Å². The lowest BCUT2D eigenvalue weighted by Crippen LogP contribution is -2.49. The number of rotatable bonds is 11. The number of ether oxygens (including phenoxy) is 1. The summed E-state index contributed by atoms with van der Waals surface area (Å²) in [6, 6.07) is 21.7. The Morgan fingerprint density at radius 1 is 0.531 bits per heavy atom. The first kappa shape index (κ1) is 72.1. The molecule has 3 fully saturated rings. The zero-order chi connectivity index (χ0) is 62.1. The Bertz CT molecular complexity index is 2340. The van der Waals surface area contributed by atoms with Gasteiger partial charge in [0.15, 0.2) is 0 Å². The molecule has 3 saturated heterocycles. The predicted octanol–water partition coefficient (Wildman–Crippen LogP) is 6.83. The number of carbonyl (C=O) groups is 6. The molecule has 0 spiro atoms. The van der Waals surface area contributed by atoms with E-state index in [9.17, 15) is 70.7 Å². The topological polar surface area (TPSA) is 250 Å². The SMILES string of the molecule is C[C@H]1CN(Cc2cccc(-c3cc(CNC(=O)c4cccc(CN5CCN(CCN6CCOCC6)CC5)c4)ccc3F)c2)CCN1.O=C(O)C(F)(F)F.O=C(O)C(F)(F)F.O=C(O)C(F)(F)F.O=C(O)C(F)(F)F.O=C(O)C(F)(F)F. The van der Waals surface area contributed by atoms with E-state index in [0.717, 1.165) is 115 Å². The van der Waals surface area contributed by atoms with Gasteiger partial charge in [0, 0.05) is 109 Å². The van der Waals surface area contributed by atoms with Gasteiger partial charge in [-0.25, -0.2) is 28.4 Å². The zero-order valence-electron chi connectivity index (χ0n) is 42.2. The van der Waals surface area contributed by atoms with Crippen molar-refractivity contribution in [2.75, 3.05) is 85.2 Å². The van der Waals surface area contributed by atoms with Crippen molar-refractivity contribution in [1.29, 1.82) is 0 Å². The number of hydrogen-bond donors (Lipinski definition) is 7. The maximum atomic E-state index is 15.0. The van der Waals surface area contributed by atoms with Gasteiger partial charge in [-0.1, -0.05) is 36.4 Å². The molecule has 6 rings (SSSR count). The lowest BCUT2D eigenvalue weighted by atomic mass is 10.00. The lowest BCUT2D eigenvalue weighted by Gasteiger charge is -2.36. The number of benzene rings is 3. The Balaban J connectivity index is 0.000000754. The van der Waals surface area contributed by atoms with E-state index in [1.54, 1.807) is 6.07 Å². The molecule has 0 aromatic heterocycles. The van der Waals surface area contributed by atoms with Crippen molar-refractivity contribution in [2.45, 2.75) is 63.5 Å². The largest absolute Gasteiger partial charge is 0.490 e. The van der Waals surface area contributed by atoms with Crippen LogP contribution in [0.15, 0.2) is 66.7 Å². The number of nitrogens with one attached hydrogen (secondary N) is 2. The first-order valence-corrected chi connectivity index (χ1v) is 23.2. The first-order chi connectivity index (χ1) is 37.2. The molecule has 0 aliphatic carbocycles. The Kier molecular flexibility index (Phi) is 29.5. The number of carboxylic acid groups (broad SMARTS) is 5. The highest BCUT2D eigenvalue weighted by molar-refractivity contribution is 5.94. The Hall–Kier alpha value is -6.88. The highest BCUT2D eigenvalue weighted by Gasteiger charge is 2.40. The van der Waals surface area contributed by atoms with E-state index in [-0.39, 0.29) is 11.7 Å². The maximum Gasteiger partial charge on any atom is 0.490 e. The second kappa shape index (κ2) is 33.1. The van der Waals surface area contributed by atoms with Crippen LogP contribution in [0.2, 0.25) is 0 Å². The van der Waals surface area contributed by atoms with Gasteiger partial charge in [-0.15, -0.1) is 0 Å². The highest BCUT2D eigenvalue weighted by Crippen LogP contribution is 2.26. The molecule has 1 amide bonds. The van der Waals surface area contributed by atoms with Gasteiger partial charge >= 0.3 is 60.7 Å². The molecule has 0 radical (unpaired) electrons. The van der Waals surface area contributed by atoms with Gasteiger partial charge in [0.05, 0.1) is 13.2 Å². The number of carbonyl (C=O) groups excluding carboxylic acids is 1. The first-order valence-electron chi connectivity index (χ1n) is 23.2. The number of alkyl halides is 15. The van der Waals surface area contributed by atoms with E-state index in [1.165, 1.54) is 11.6 Å². The van der Waals surface area contributed by atoms with E-state index < -0.39 is 60.7 Å². The lowest BCUT2D eigenvalue weighted by molar-refractivity contribution is -0.193. The number of aliphatic carboxylic acids is 5. The quantitative estimate of drug-likeness (QED) is 0.0972. The summed E-state index contributed by atoms with van der Waals surface area (Å²) in [6.07, 6.45) is -25.4. The molecule has 0 saturated carbocycles. The fourth-order valence-electron chi connectivity index (χ4n) is 6.79. The number of halogens is 16. The van der Waals surface area contributed by atoms with Gasteiger partial charge in [-0.2, -0.15) is 65.9 Å². The molecule has 3 aliphatic heterocycles. The van der Waals surface area contributed by atoms with E-state index >= 15 is 4.39 Å². The molecule has 34 heteroatoms. The summed E-state index contributed by atoms with van der Waals surface area (Å²) in [5.74, 6) is -14.2. The van der Waals surface area contributed by atoms with E-state index in [1.807, 2.05) is 36.4 Å². The van der Waals surface area contributed by atoms with E-state index in [2.05, 4.69) is 55.4 Å². The summed E-state index contributed by atoms with van der Waals surface area (Å²) in [5, 5.41) is 42.2. The van der Waals surface area contributed by atoms with Crippen LogP contribution in [0.25, 0.3) is 11.1 Å². The number of carboxylic acids is 5. The van der Waals surface area contributed by atoms with Crippen molar-refractivity contribution < 1.29 is 129 Å². The molecule has 0 bridgehead atoms. The smallest absolute Gasteiger partial charge is 0.475 e. The summed E-state index contributed by atoms with van der Waals surface area (Å²) in [7, 11) is 0. The van der Waals surface area contributed by atoms with Crippen molar-refractivity contribution in [3.05, 3.63) is 94.8 Å². The van der Waals surface area contributed by atoms with Crippen molar-refractivity contribution in [2.24, 2.45) is 0 Å². The van der Waals surface area contributed by atoms with Gasteiger partial charge in [-0.05, 0) is 59.5 Å². The van der Waals surface area contributed by atoms with Crippen LogP contribution in [0.1, 0.15) is 34.0 Å². The molecule has 456 valence electrons. The third-order valence-electron chi connectivity index (χ3n) is 10.7. The third-order valence-corrected chi connectivity index (χ3v) is 10.7. The molecule has 3 heterocycles. The van der Waals surface area contributed by atoms with Crippen LogP contribution in [0.5, 0.6) is 0 Å². The van der Waals surface area contributed by atoms with Gasteiger partial charge in [0.1, 0.15) is 5.82 Å². The molecule has 1 atom stereocenters. The second-order valence-electron chi connectivity index (χ2n) is 17.1. The van der Waals surface area contributed by atoms with Crippen molar-refractivity contribution in [3.63, 3.8) is 0 Å². The molecule has 0 unspecified atom stereocenters. The van der Waals surface area contributed by atoms with E-state index in [0.29, 0.717) is 23.7 Å².